The predicted octanol–water partition coefficient (Wildman–Crippen LogP) is -1.83. The smallest absolute Gasteiger partial charge is 0.322 e. The van der Waals surface area contributed by atoms with E-state index >= 15 is 0 Å². The van der Waals surface area contributed by atoms with Crippen molar-refractivity contribution in [2.45, 2.75) is 6.04 Å². The fourth-order valence-electron chi connectivity index (χ4n) is 1.33. The average Bonchev–Trinajstić information content (AvgIpc) is 2.09. The molecule has 0 aromatic carbocycles. The van der Waals surface area contributed by atoms with Crippen molar-refractivity contribution in [3.05, 3.63) is 0 Å². The minimum absolute atomic E-state index is 0.0598. The SMILES string of the molecule is CN1CCN(CC(N)C(=O)O)C(=O)C1. The van der Waals surface area contributed by atoms with Crippen molar-refractivity contribution < 1.29 is 14.7 Å². The van der Waals surface area contributed by atoms with Gasteiger partial charge in [0.2, 0.25) is 5.91 Å². The van der Waals surface area contributed by atoms with E-state index in [1.54, 1.807) is 0 Å². The lowest BCUT2D eigenvalue weighted by atomic mass is 10.2. The first-order chi connectivity index (χ1) is 6.50. The number of nitrogens with two attached hydrogens (primary N) is 1. The molecule has 0 aliphatic carbocycles. The summed E-state index contributed by atoms with van der Waals surface area (Å²) in [6.45, 7) is 1.75. The Balaban J connectivity index is 2.45. The van der Waals surface area contributed by atoms with Crippen LogP contribution in [-0.2, 0) is 9.59 Å². The molecule has 14 heavy (non-hydrogen) atoms. The van der Waals surface area contributed by atoms with E-state index in [0.717, 1.165) is 6.54 Å². The predicted molar refractivity (Wildman–Crippen MR) is 49.7 cm³/mol. The fraction of sp³-hybridized carbons (Fsp3) is 0.750. The van der Waals surface area contributed by atoms with Crippen molar-refractivity contribution in [1.29, 1.82) is 0 Å². The van der Waals surface area contributed by atoms with Crippen molar-refractivity contribution in [3.8, 4) is 0 Å². The second-order valence-corrected chi connectivity index (χ2v) is 3.52. The van der Waals surface area contributed by atoms with E-state index in [9.17, 15) is 9.59 Å². The second-order valence-electron chi connectivity index (χ2n) is 3.52. The number of hydrogen-bond acceptors (Lipinski definition) is 4. The molecule has 1 atom stereocenters. The highest BCUT2D eigenvalue weighted by Gasteiger charge is 2.25. The molecule has 0 aromatic heterocycles. The van der Waals surface area contributed by atoms with Gasteiger partial charge in [-0.15, -0.1) is 0 Å². The van der Waals surface area contributed by atoms with Crippen molar-refractivity contribution >= 4 is 11.9 Å². The van der Waals surface area contributed by atoms with Gasteiger partial charge in [0.15, 0.2) is 0 Å². The lowest BCUT2D eigenvalue weighted by molar-refractivity contribution is -0.141. The fourth-order valence-corrected chi connectivity index (χ4v) is 1.33. The van der Waals surface area contributed by atoms with Crippen LogP contribution in [0.1, 0.15) is 0 Å². The standard InChI is InChI=1S/C8H15N3O3/c1-10-2-3-11(7(12)5-10)4-6(9)8(13)14/h6H,2-5,9H2,1H3,(H,13,14). The summed E-state index contributed by atoms with van der Waals surface area (Å²) in [5.74, 6) is -1.13. The zero-order valence-electron chi connectivity index (χ0n) is 8.14. The van der Waals surface area contributed by atoms with Gasteiger partial charge in [0.05, 0.1) is 6.54 Å². The molecule has 1 amide bonds. The molecular weight excluding hydrogens is 186 g/mol. The Bertz CT molecular complexity index is 244. The molecule has 0 bridgehead atoms. The van der Waals surface area contributed by atoms with E-state index < -0.39 is 12.0 Å². The monoisotopic (exact) mass is 201 g/mol. The first kappa shape index (κ1) is 10.9. The topological polar surface area (TPSA) is 86.9 Å². The Kier molecular flexibility index (Phi) is 3.43. The minimum Gasteiger partial charge on any atom is -0.480 e. The number of nitrogens with zero attached hydrogens (tertiary/aromatic N) is 2. The molecule has 1 saturated heterocycles. The van der Waals surface area contributed by atoms with E-state index in [-0.39, 0.29) is 12.5 Å². The van der Waals surface area contributed by atoms with Gasteiger partial charge < -0.3 is 15.7 Å². The van der Waals surface area contributed by atoms with E-state index in [4.69, 9.17) is 10.8 Å². The van der Waals surface area contributed by atoms with Gasteiger partial charge in [-0.2, -0.15) is 0 Å². The van der Waals surface area contributed by atoms with Crippen LogP contribution in [-0.4, -0.2) is 66.1 Å². The number of hydrogen-bond donors (Lipinski definition) is 2. The highest BCUT2D eigenvalue weighted by molar-refractivity contribution is 5.80. The molecule has 80 valence electrons. The van der Waals surface area contributed by atoms with Crippen LogP contribution in [0.15, 0.2) is 0 Å². The number of aliphatic carboxylic acids is 1. The molecule has 0 spiro atoms. The number of piperazine rings is 1. The molecule has 3 N–H and O–H groups in total. The van der Waals surface area contributed by atoms with Gasteiger partial charge in [-0.05, 0) is 7.05 Å². The Hall–Kier alpha value is -1.14. The molecule has 0 saturated carbocycles. The zero-order valence-corrected chi connectivity index (χ0v) is 8.14. The molecule has 0 aromatic rings. The van der Waals surface area contributed by atoms with Gasteiger partial charge in [-0.1, -0.05) is 0 Å². The van der Waals surface area contributed by atoms with Crippen LogP contribution in [0.4, 0.5) is 0 Å². The summed E-state index contributed by atoms with van der Waals surface area (Å²) in [6, 6.07) is -0.984. The molecule has 6 heteroatoms. The van der Waals surface area contributed by atoms with Crippen molar-refractivity contribution in [2.24, 2.45) is 5.73 Å². The minimum atomic E-state index is -1.07. The van der Waals surface area contributed by atoms with Crippen LogP contribution in [0.5, 0.6) is 0 Å². The maximum Gasteiger partial charge on any atom is 0.322 e. The Morgan fingerprint density at radius 1 is 1.64 bits per heavy atom. The summed E-state index contributed by atoms with van der Waals surface area (Å²) in [6.07, 6.45) is 0. The Morgan fingerprint density at radius 2 is 2.29 bits per heavy atom. The van der Waals surface area contributed by atoms with Crippen molar-refractivity contribution in [3.63, 3.8) is 0 Å². The average molecular weight is 201 g/mol. The van der Waals surface area contributed by atoms with Gasteiger partial charge in [0, 0.05) is 19.6 Å². The molecule has 1 aliphatic rings. The number of likely N-dealkylation sites (N-methyl/N-ethyl adjacent to an activating group) is 1. The quantitative estimate of drug-likeness (QED) is 0.561. The summed E-state index contributed by atoms with van der Waals surface area (Å²) >= 11 is 0. The summed E-state index contributed by atoms with van der Waals surface area (Å²) in [5, 5.41) is 8.58. The third kappa shape index (κ3) is 2.68. The van der Waals surface area contributed by atoms with Crippen LogP contribution in [0.2, 0.25) is 0 Å². The van der Waals surface area contributed by atoms with Gasteiger partial charge in [0.25, 0.3) is 0 Å². The maximum absolute atomic E-state index is 11.4. The molecule has 6 nitrogen and oxygen atoms in total. The summed E-state index contributed by atoms with van der Waals surface area (Å²) in [4.78, 5) is 25.3. The molecule has 1 fully saturated rings. The first-order valence-electron chi connectivity index (χ1n) is 4.45. The van der Waals surface area contributed by atoms with Gasteiger partial charge >= 0.3 is 5.97 Å². The van der Waals surface area contributed by atoms with Crippen LogP contribution >= 0.6 is 0 Å². The van der Waals surface area contributed by atoms with Crippen LogP contribution in [0.25, 0.3) is 0 Å². The number of carboxylic acids is 1. The third-order valence-corrected chi connectivity index (χ3v) is 2.24. The Morgan fingerprint density at radius 3 is 2.79 bits per heavy atom. The molecule has 1 heterocycles. The second kappa shape index (κ2) is 4.39. The van der Waals surface area contributed by atoms with E-state index in [1.807, 2.05) is 11.9 Å². The van der Waals surface area contributed by atoms with E-state index in [1.165, 1.54) is 4.90 Å². The molecule has 0 radical (unpaired) electrons. The van der Waals surface area contributed by atoms with Crippen LogP contribution in [0, 0.1) is 0 Å². The number of amides is 1. The highest BCUT2D eigenvalue weighted by atomic mass is 16.4. The number of carboxylic acid groups (broad SMARTS) is 1. The summed E-state index contributed by atoms with van der Waals surface area (Å²) in [5.41, 5.74) is 5.34. The molecule has 1 rings (SSSR count). The maximum atomic E-state index is 11.4. The highest BCUT2D eigenvalue weighted by Crippen LogP contribution is 2.01. The lowest BCUT2D eigenvalue weighted by Crippen LogP contribution is -2.53. The van der Waals surface area contributed by atoms with Crippen molar-refractivity contribution in [1.82, 2.24) is 9.80 Å². The number of rotatable bonds is 3. The lowest BCUT2D eigenvalue weighted by Gasteiger charge is -2.32. The van der Waals surface area contributed by atoms with E-state index in [2.05, 4.69) is 0 Å². The van der Waals surface area contributed by atoms with Crippen LogP contribution < -0.4 is 5.73 Å². The molecule has 1 aliphatic heterocycles. The Labute approximate surface area is 82.3 Å². The third-order valence-electron chi connectivity index (χ3n) is 2.24. The molecular formula is C8H15N3O3. The van der Waals surface area contributed by atoms with Gasteiger partial charge in [-0.3, -0.25) is 14.5 Å². The van der Waals surface area contributed by atoms with Gasteiger partial charge in [-0.25, -0.2) is 0 Å². The molecule has 1 unspecified atom stereocenters. The van der Waals surface area contributed by atoms with Gasteiger partial charge in [0.1, 0.15) is 6.04 Å². The normalized spacial score (nSPS) is 21.0. The van der Waals surface area contributed by atoms with E-state index in [0.29, 0.717) is 13.1 Å². The number of carbonyl (C=O) groups is 2. The largest absolute Gasteiger partial charge is 0.480 e. The summed E-state index contributed by atoms with van der Waals surface area (Å²) in [7, 11) is 1.85. The van der Waals surface area contributed by atoms with Crippen molar-refractivity contribution in [2.75, 3.05) is 33.2 Å². The summed E-state index contributed by atoms with van der Waals surface area (Å²) < 4.78 is 0. The number of carbonyl (C=O) groups excluding carboxylic acids is 1. The first-order valence-corrected chi connectivity index (χ1v) is 4.45. The zero-order chi connectivity index (χ0) is 10.7. The van der Waals surface area contributed by atoms with Crippen LogP contribution in [0.3, 0.4) is 0 Å².